The maximum atomic E-state index is 12.7. The fourth-order valence-electron chi connectivity index (χ4n) is 2.88. The minimum atomic E-state index is -0.618. The van der Waals surface area contributed by atoms with Gasteiger partial charge in [0.1, 0.15) is 18.2 Å². The van der Waals surface area contributed by atoms with Gasteiger partial charge in [0.2, 0.25) is 0 Å². The van der Waals surface area contributed by atoms with Gasteiger partial charge in [0.15, 0.2) is 11.5 Å². The molecule has 0 fully saturated rings. The van der Waals surface area contributed by atoms with Crippen molar-refractivity contribution in [3.63, 3.8) is 0 Å². The van der Waals surface area contributed by atoms with Gasteiger partial charge < -0.3 is 14.8 Å². The Morgan fingerprint density at radius 3 is 2.47 bits per heavy atom. The van der Waals surface area contributed by atoms with E-state index in [4.69, 9.17) is 32.7 Å². The number of amides is 1. The molecule has 9 heteroatoms. The van der Waals surface area contributed by atoms with E-state index in [0.29, 0.717) is 45.5 Å². The van der Waals surface area contributed by atoms with Crippen molar-refractivity contribution in [2.45, 2.75) is 13.5 Å². The fourth-order valence-corrected chi connectivity index (χ4v) is 3.93. The second kappa shape index (κ2) is 12.3. The topological polar surface area (TPSA) is 71.3 Å². The predicted octanol–water partition coefficient (Wildman–Crippen LogP) is 8.04. The molecule has 34 heavy (non-hydrogen) atoms. The summed E-state index contributed by atoms with van der Waals surface area (Å²) in [5.41, 5.74) is 1.76. The van der Waals surface area contributed by atoms with E-state index in [0.717, 1.165) is 10.0 Å². The maximum Gasteiger partial charge on any atom is 0.266 e. The zero-order valence-electron chi connectivity index (χ0n) is 17.9. The summed E-state index contributed by atoms with van der Waals surface area (Å²) in [7, 11) is 0. The molecule has 3 rings (SSSR count). The summed E-state index contributed by atoms with van der Waals surface area (Å²) in [6.07, 6.45) is 1.46. The van der Waals surface area contributed by atoms with E-state index >= 15 is 0 Å². The Balaban J connectivity index is 1.86. The van der Waals surface area contributed by atoms with Crippen LogP contribution < -0.4 is 14.8 Å². The molecule has 0 spiro atoms. The highest BCUT2D eigenvalue weighted by Crippen LogP contribution is 2.36. The minimum Gasteiger partial charge on any atom is -0.490 e. The van der Waals surface area contributed by atoms with Crippen molar-refractivity contribution in [2.75, 3.05) is 11.9 Å². The van der Waals surface area contributed by atoms with Crippen LogP contribution in [0, 0.1) is 11.3 Å². The molecule has 0 saturated heterocycles. The molecule has 0 saturated carbocycles. The Morgan fingerprint density at radius 1 is 1.09 bits per heavy atom. The average Bonchev–Trinajstić information content (AvgIpc) is 2.82. The standard InChI is InChI=1S/C25H18Br2Cl2N2O3/c1-2-33-22-11-16(19(27)12-23(22)34-14-15-6-8-18(26)9-7-15)10-17(13-30)25(32)31-21-5-3-4-20(28)24(21)29/h3-12H,2,14H2,1H3,(H,31,32)/b17-10-. The molecule has 0 unspecified atom stereocenters. The van der Waals surface area contributed by atoms with Crippen LogP contribution in [0.4, 0.5) is 5.69 Å². The highest BCUT2D eigenvalue weighted by molar-refractivity contribution is 9.10. The molecule has 0 bridgehead atoms. The number of carbonyl (C=O) groups is 1. The van der Waals surface area contributed by atoms with E-state index in [1.165, 1.54) is 6.08 Å². The molecule has 5 nitrogen and oxygen atoms in total. The van der Waals surface area contributed by atoms with Crippen LogP contribution in [-0.4, -0.2) is 12.5 Å². The van der Waals surface area contributed by atoms with E-state index in [1.54, 1.807) is 30.3 Å². The molecule has 0 aliphatic carbocycles. The number of nitrogens with zero attached hydrogens (tertiary/aromatic N) is 1. The first-order valence-electron chi connectivity index (χ1n) is 10.0. The number of carbonyl (C=O) groups excluding carboxylic acids is 1. The number of halogens is 4. The third-order valence-electron chi connectivity index (χ3n) is 4.54. The molecule has 1 amide bonds. The summed E-state index contributed by atoms with van der Waals surface area (Å²) in [6.45, 7) is 2.62. The normalized spacial score (nSPS) is 11.0. The van der Waals surface area contributed by atoms with Crippen molar-refractivity contribution < 1.29 is 14.3 Å². The van der Waals surface area contributed by atoms with Crippen LogP contribution in [0.25, 0.3) is 6.08 Å². The van der Waals surface area contributed by atoms with Crippen LogP contribution in [0.5, 0.6) is 11.5 Å². The Morgan fingerprint density at radius 2 is 1.79 bits per heavy atom. The number of hydrogen-bond donors (Lipinski definition) is 1. The Labute approximate surface area is 224 Å². The molecular weight excluding hydrogens is 607 g/mol. The zero-order valence-corrected chi connectivity index (χ0v) is 22.6. The lowest BCUT2D eigenvalue weighted by Gasteiger charge is -2.14. The molecule has 0 atom stereocenters. The van der Waals surface area contributed by atoms with Gasteiger partial charge in [-0.1, -0.05) is 73.3 Å². The summed E-state index contributed by atoms with van der Waals surface area (Å²) < 4.78 is 13.3. The minimum absolute atomic E-state index is 0.122. The van der Waals surface area contributed by atoms with Gasteiger partial charge in [-0.15, -0.1) is 0 Å². The van der Waals surface area contributed by atoms with Crippen LogP contribution in [0.1, 0.15) is 18.1 Å². The van der Waals surface area contributed by atoms with Crippen LogP contribution >= 0.6 is 55.1 Å². The first kappa shape index (κ1) is 26.1. The molecular formula is C25H18Br2Cl2N2O3. The van der Waals surface area contributed by atoms with Gasteiger partial charge in [0.05, 0.1) is 22.3 Å². The van der Waals surface area contributed by atoms with E-state index < -0.39 is 5.91 Å². The smallest absolute Gasteiger partial charge is 0.266 e. The van der Waals surface area contributed by atoms with Gasteiger partial charge in [-0.3, -0.25) is 4.79 Å². The first-order chi connectivity index (χ1) is 16.3. The van der Waals surface area contributed by atoms with Crippen LogP contribution in [0.2, 0.25) is 10.0 Å². The maximum absolute atomic E-state index is 12.7. The number of ether oxygens (including phenoxy) is 2. The number of rotatable bonds is 8. The second-order valence-corrected chi connectivity index (χ2v) is 9.45. The summed E-state index contributed by atoms with van der Waals surface area (Å²) in [5, 5.41) is 12.7. The van der Waals surface area contributed by atoms with E-state index in [2.05, 4.69) is 37.2 Å². The monoisotopic (exact) mass is 622 g/mol. The third-order valence-corrected chi connectivity index (χ3v) is 6.57. The highest BCUT2D eigenvalue weighted by Gasteiger charge is 2.16. The van der Waals surface area contributed by atoms with Crippen molar-refractivity contribution in [1.29, 1.82) is 5.26 Å². The number of anilines is 1. The molecule has 174 valence electrons. The van der Waals surface area contributed by atoms with Gasteiger partial charge >= 0.3 is 0 Å². The van der Waals surface area contributed by atoms with Gasteiger partial charge in [-0.25, -0.2) is 0 Å². The summed E-state index contributed by atoms with van der Waals surface area (Å²) in [4.78, 5) is 12.7. The van der Waals surface area contributed by atoms with Crippen molar-refractivity contribution in [2.24, 2.45) is 0 Å². The summed E-state index contributed by atoms with van der Waals surface area (Å²) >= 11 is 19.0. The van der Waals surface area contributed by atoms with Crippen LogP contribution in [-0.2, 0) is 11.4 Å². The summed E-state index contributed by atoms with van der Waals surface area (Å²) in [6, 6.07) is 18.0. The van der Waals surface area contributed by atoms with Crippen LogP contribution in [0.3, 0.4) is 0 Å². The van der Waals surface area contributed by atoms with E-state index in [9.17, 15) is 10.1 Å². The lowest BCUT2D eigenvalue weighted by molar-refractivity contribution is -0.112. The number of nitrogens with one attached hydrogen (secondary N) is 1. The molecule has 0 aliphatic heterocycles. The second-order valence-electron chi connectivity index (χ2n) is 6.89. The lowest BCUT2D eigenvalue weighted by Crippen LogP contribution is -2.13. The molecule has 0 heterocycles. The molecule has 1 N–H and O–H groups in total. The van der Waals surface area contributed by atoms with Crippen LogP contribution in [0.15, 0.2) is 69.1 Å². The number of hydrogen-bond acceptors (Lipinski definition) is 4. The largest absolute Gasteiger partial charge is 0.490 e. The molecule has 0 radical (unpaired) electrons. The molecule has 0 aromatic heterocycles. The van der Waals surface area contributed by atoms with Crippen molar-refractivity contribution in [1.82, 2.24) is 0 Å². The summed E-state index contributed by atoms with van der Waals surface area (Å²) in [5.74, 6) is 0.402. The lowest BCUT2D eigenvalue weighted by atomic mass is 10.1. The Hall–Kier alpha value is -2.50. The predicted molar refractivity (Wildman–Crippen MR) is 142 cm³/mol. The van der Waals surface area contributed by atoms with E-state index in [1.807, 2.05) is 37.3 Å². The van der Waals surface area contributed by atoms with Crippen molar-refractivity contribution in [3.8, 4) is 17.6 Å². The SMILES string of the molecule is CCOc1cc(/C=C(/C#N)C(=O)Nc2cccc(Cl)c2Cl)c(Br)cc1OCc1ccc(Br)cc1. The zero-order chi connectivity index (χ0) is 24.7. The highest BCUT2D eigenvalue weighted by atomic mass is 79.9. The van der Waals surface area contributed by atoms with Crippen molar-refractivity contribution in [3.05, 3.63) is 90.3 Å². The van der Waals surface area contributed by atoms with Gasteiger partial charge in [0, 0.05) is 8.95 Å². The quantitative estimate of drug-likeness (QED) is 0.203. The molecule has 3 aromatic carbocycles. The fraction of sp³-hybridized carbons (Fsp3) is 0.120. The number of benzene rings is 3. The Bertz CT molecular complexity index is 1270. The van der Waals surface area contributed by atoms with Crippen molar-refractivity contribution >= 4 is 72.7 Å². The van der Waals surface area contributed by atoms with Gasteiger partial charge in [0.25, 0.3) is 5.91 Å². The molecule has 0 aliphatic rings. The van der Waals surface area contributed by atoms with Gasteiger partial charge in [-0.05, 0) is 60.5 Å². The number of nitriles is 1. The Kier molecular flexibility index (Phi) is 9.43. The molecule has 3 aromatic rings. The average molecular weight is 625 g/mol. The van der Waals surface area contributed by atoms with Gasteiger partial charge in [-0.2, -0.15) is 5.26 Å². The first-order valence-corrected chi connectivity index (χ1v) is 12.4. The van der Waals surface area contributed by atoms with E-state index in [-0.39, 0.29) is 10.6 Å². The third kappa shape index (κ3) is 6.77.